The van der Waals surface area contributed by atoms with Crippen LogP contribution in [0.25, 0.3) is 0 Å². The van der Waals surface area contributed by atoms with Crippen LogP contribution in [0.2, 0.25) is 10.0 Å². The molecule has 0 radical (unpaired) electrons. The second-order valence-corrected chi connectivity index (χ2v) is 5.19. The minimum atomic E-state index is -1.29. The monoisotopic (exact) mass is 317 g/mol. The predicted molar refractivity (Wildman–Crippen MR) is 74.9 cm³/mol. The van der Waals surface area contributed by atoms with Crippen molar-refractivity contribution in [3.63, 3.8) is 0 Å². The third kappa shape index (κ3) is 2.92. The van der Waals surface area contributed by atoms with Crippen LogP contribution in [0, 0.1) is 0 Å². The Morgan fingerprint density at radius 2 is 1.80 bits per heavy atom. The smallest absolute Gasteiger partial charge is 0.358 e. The molecule has 6 N–H and O–H groups in total. The Hall–Kier alpha value is -1.63. The third-order valence-electron chi connectivity index (χ3n) is 3.04. The van der Waals surface area contributed by atoms with Crippen molar-refractivity contribution in [3.05, 3.63) is 44.9 Å². The number of nitrogens with one attached hydrogen (secondary N) is 1. The molecule has 1 aliphatic carbocycles. The first-order chi connectivity index (χ1) is 9.42. The van der Waals surface area contributed by atoms with Crippen molar-refractivity contribution < 1.29 is 14.6 Å². The molecule has 8 heteroatoms. The Kier molecular flexibility index (Phi) is 4.27. The van der Waals surface area contributed by atoms with Crippen LogP contribution in [0.4, 0.5) is 0 Å². The fraction of sp³-hybridized carbons (Fsp3) is 0.250. The number of fused-ring (bicyclic) bond motifs is 1. The number of carboxylic acids is 1. The van der Waals surface area contributed by atoms with Gasteiger partial charge in [0.05, 0.1) is 10.0 Å². The molecule has 0 saturated carbocycles. The van der Waals surface area contributed by atoms with E-state index in [0.717, 1.165) is 11.1 Å². The maximum absolute atomic E-state index is 10.9. The van der Waals surface area contributed by atoms with E-state index in [0.29, 0.717) is 22.9 Å². The molecule has 0 heterocycles. The summed E-state index contributed by atoms with van der Waals surface area (Å²) < 4.78 is 5.44. The lowest BCUT2D eigenvalue weighted by Gasteiger charge is -2.14. The number of nitrogens with two attached hydrogens (primary N) is 2. The van der Waals surface area contributed by atoms with Crippen molar-refractivity contribution in [1.82, 2.24) is 5.43 Å². The second-order valence-electron chi connectivity index (χ2n) is 4.37. The van der Waals surface area contributed by atoms with E-state index in [2.05, 4.69) is 0 Å². The molecular formula is C12H13Cl2N3O3. The molecule has 0 saturated heterocycles. The van der Waals surface area contributed by atoms with Gasteiger partial charge in [-0.1, -0.05) is 23.2 Å². The first-order valence-corrected chi connectivity index (χ1v) is 6.51. The van der Waals surface area contributed by atoms with Crippen molar-refractivity contribution in [1.29, 1.82) is 0 Å². The van der Waals surface area contributed by atoms with Gasteiger partial charge in [-0.2, -0.15) is 0 Å². The Morgan fingerprint density at radius 3 is 2.20 bits per heavy atom. The molecule has 0 unspecified atom stereocenters. The average molecular weight is 318 g/mol. The van der Waals surface area contributed by atoms with Crippen molar-refractivity contribution in [3.8, 4) is 0 Å². The number of halogens is 2. The summed E-state index contributed by atoms with van der Waals surface area (Å²) in [6.45, 7) is 0. The quantitative estimate of drug-likeness (QED) is 0.287. The van der Waals surface area contributed by atoms with E-state index in [1.165, 1.54) is 0 Å². The molecule has 0 aliphatic heterocycles. The van der Waals surface area contributed by atoms with Gasteiger partial charge in [-0.05, 0) is 23.3 Å². The van der Waals surface area contributed by atoms with Crippen LogP contribution in [0.15, 0.2) is 23.7 Å². The lowest BCUT2D eigenvalue weighted by molar-refractivity contribution is -0.133. The number of rotatable bonds is 4. The highest BCUT2D eigenvalue weighted by atomic mass is 35.5. The summed E-state index contributed by atoms with van der Waals surface area (Å²) in [5, 5.41) is 9.82. The number of ether oxygens (including phenoxy) is 1. The summed E-state index contributed by atoms with van der Waals surface area (Å²) in [6, 6.07) is 3.56. The molecule has 0 fully saturated rings. The van der Waals surface area contributed by atoms with Gasteiger partial charge in [0.25, 0.3) is 0 Å². The van der Waals surface area contributed by atoms with Crippen LogP contribution < -0.4 is 17.0 Å². The summed E-state index contributed by atoms with van der Waals surface area (Å²) in [7, 11) is 0. The van der Waals surface area contributed by atoms with E-state index in [-0.39, 0.29) is 17.7 Å². The Labute approximate surface area is 125 Å². The van der Waals surface area contributed by atoms with Gasteiger partial charge in [0.2, 0.25) is 5.88 Å². The van der Waals surface area contributed by atoms with Crippen LogP contribution in [0.3, 0.4) is 0 Å². The zero-order chi connectivity index (χ0) is 14.9. The van der Waals surface area contributed by atoms with Crippen molar-refractivity contribution in [2.75, 3.05) is 0 Å². The minimum Gasteiger partial charge on any atom is -0.476 e. The lowest BCUT2D eigenvalue weighted by atomic mass is 10.1. The van der Waals surface area contributed by atoms with Crippen LogP contribution in [-0.2, 0) is 22.4 Å². The average Bonchev–Trinajstić information content (AvgIpc) is 2.71. The van der Waals surface area contributed by atoms with E-state index >= 15 is 0 Å². The van der Waals surface area contributed by atoms with E-state index in [9.17, 15) is 4.79 Å². The molecule has 20 heavy (non-hydrogen) atoms. The Morgan fingerprint density at radius 1 is 1.30 bits per heavy atom. The maximum atomic E-state index is 10.9. The molecule has 1 aliphatic rings. The number of carboxylic acid groups (broad SMARTS) is 1. The van der Waals surface area contributed by atoms with Gasteiger partial charge in [-0.3, -0.25) is 5.84 Å². The Balaban J connectivity index is 2.14. The summed E-state index contributed by atoms with van der Waals surface area (Å²) >= 11 is 11.9. The third-order valence-corrected chi connectivity index (χ3v) is 3.76. The van der Waals surface area contributed by atoms with Crippen LogP contribution in [-0.4, -0.2) is 17.2 Å². The molecule has 0 bridgehead atoms. The van der Waals surface area contributed by atoms with E-state index < -0.39 is 5.97 Å². The van der Waals surface area contributed by atoms with Gasteiger partial charge in [0.15, 0.2) is 5.70 Å². The SMILES string of the molecule is NN/C(C(=O)O)=C(\N)OC1Cc2cc(Cl)c(Cl)cc2C1. The number of benzene rings is 1. The van der Waals surface area contributed by atoms with Gasteiger partial charge < -0.3 is 21.0 Å². The van der Waals surface area contributed by atoms with E-state index in [1.54, 1.807) is 12.1 Å². The molecule has 0 atom stereocenters. The second kappa shape index (κ2) is 5.78. The first kappa shape index (κ1) is 14.8. The summed E-state index contributed by atoms with van der Waals surface area (Å²) in [5.41, 5.74) is 9.23. The molecule has 108 valence electrons. The standard InChI is InChI=1S/C12H13Cl2N3O3/c13-8-3-5-1-7(2-6(5)4-9(8)14)20-11(15)10(17-16)12(18)19/h3-4,7,17H,1-2,15-16H2,(H,18,19)/b11-10+. The zero-order valence-electron chi connectivity index (χ0n) is 10.3. The van der Waals surface area contributed by atoms with Gasteiger partial charge in [-0.25, -0.2) is 4.79 Å². The molecule has 0 spiro atoms. The summed E-state index contributed by atoms with van der Waals surface area (Å²) in [4.78, 5) is 10.9. The van der Waals surface area contributed by atoms with E-state index in [4.69, 9.17) is 44.6 Å². The molecule has 6 nitrogen and oxygen atoms in total. The fourth-order valence-electron chi connectivity index (χ4n) is 2.13. The van der Waals surface area contributed by atoms with Crippen LogP contribution >= 0.6 is 23.2 Å². The van der Waals surface area contributed by atoms with Crippen molar-refractivity contribution in [2.24, 2.45) is 11.6 Å². The normalized spacial score (nSPS) is 15.6. The van der Waals surface area contributed by atoms with Gasteiger partial charge in [0.1, 0.15) is 6.10 Å². The van der Waals surface area contributed by atoms with Gasteiger partial charge in [0, 0.05) is 12.8 Å². The van der Waals surface area contributed by atoms with Crippen LogP contribution in [0.1, 0.15) is 11.1 Å². The highest BCUT2D eigenvalue weighted by Crippen LogP contribution is 2.32. The molecule has 0 amide bonds. The predicted octanol–water partition coefficient (Wildman–Crippen LogP) is 1.15. The number of hydrogen-bond donors (Lipinski definition) is 4. The highest BCUT2D eigenvalue weighted by Gasteiger charge is 2.26. The fourth-order valence-corrected chi connectivity index (χ4v) is 2.50. The Bertz CT molecular complexity index is 559. The number of hydrazine groups is 1. The first-order valence-electron chi connectivity index (χ1n) is 5.75. The molecule has 2 rings (SSSR count). The van der Waals surface area contributed by atoms with Crippen molar-refractivity contribution in [2.45, 2.75) is 18.9 Å². The lowest BCUT2D eigenvalue weighted by Crippen LogP contribution is -2.32. The molecule has 1 aromatic rings. The summed E-state index contributed by atoms with van der Waals surface area (Å²) in [6.07, 6.45) is 0.872. The molecule has 0 aromatic heterocycles. The molecular weight excluding hydrogens is 305 g/mol. The van der Waals surface area contributed by atoms with E-state index in [1.807, 2.05) is 5.43 Å². The molecule has 1 aromatic carbocycles. The van der Waals surface area contributed by atoms with Crippen molar-refractivity contribution >= 4 is 29.2 Å². The van der Waals surface area contributed by atoms with Gasteiger partial charge in [-0.15, -0.1) is 0 Å². The van der Waals surface area contributed by atoms with Gasteiger partial charge >= 0.3 is 5.97 Å². The zero-order valence-corrected chi connectivity index (χ0v) is 11.8. The topological polar surface area (TPSA) is 111 Å². The van der Waals surface area contributed by atoms with Crippen LogP contribution in [0.5, 0.6) is 0 Å². The highest BCUT2D eigenvalue weighted by molar-refractivity contribution is 6.42. The largest absolute Gasteiger partial charge is 0.476 e. The number of carbonyl (C=O) groups is 1. The maximum Gasteiger partial charge on any atom is 0.358 e. The summed E-state index contributed by atoms with van der Waals surface area (Å²) in [5.74, 6) is 3.55. The minimum absolute atomic E-state index is 0.255. The number of hydrogen-bond acceptors (Lipinski definition) is 5. The number of aliphatic carboxylic acids is 1.